The summed E-state index contributed by atoms with van der Waals surface area (Å²) in [4.78, 5) is 26.0. The smallest absolute Gasteiger partial charge is 0.224 e. The molecule has 1 aliphatic rings. The van der Waals surface area contributed by atoms with Gasteiger partial charge in [-0.15, -0.1) is 0 Å². The molecular weight excluding hydrogens is 276 g/mol. The van der Waals surface area contributed by atoms with E-state index in [2.05, 4.69) is 5.32 Å². The second kappa shape index (κ2) is 8.57. The SMILES string of the molecule is CC(=O)N[C@H](CC(=O)N1CCCCCCC1)c1ccccc1. The van der Waals surface area contributed by atoms with Crippen LogP contribution >= 0.6 is 0 Å². The van der Waals surface area contributed by atoms with Gasteiger partial charge in [-0.3, -0.25) is 9.59 Å². The van der Waals surface area contributed by atoms with E-state index >= 15 is 0 Å². The molecule has 1 heterocycles. The summed E-state index contributed by atoms with van der Waals surface area (Å²) < 4.78 is 0. The normalized spacial score (nSPS) is 17.2. The van der Waals surface area contributed by atoms with E-state index in [4.69, 9.17) is 0 Å². The zero-order valence-electron chi connectivity index (χ0n) is 13.4. The number of hydrogen-bond donors (Lipinski definition) is 1. The molecule has 1 aromatic rings. The van der Waals surface area contributed by atoms with Gasteiger partial charge in [0.25, 0.3) is 0 Å². The molecule has 0 saturated carbocycles. The summed E-state index contributed by atoms with van der Waals surface area (Å²) in [7, 11) is 0. The van der Waals surface area contributed by atoms with Crippen molar-refractivity contribution < 1.29 is 9.59 Å². The summed E-state index contributed by atoms with van der Waals surface area (Å²) in [6, 6.07) is 9.49. The molecular formula is C18H26N2O2. The Bertz CT molecular complexity index is 479. The minimum Gasteiger partial charge on any atom is -0.349 e. The third kappa shape index (κ3) is 5.17. The van der Waals surface area contributed by atoms with Crippen molar-refractivity contribution in [2.24, 2.45) is 0 Å². The molecule has 0 spiro atoms. The summed E-state index contributed by atoms with van der Waals surface area (Å²) in [5, 5.41) is 2.91. The Labute approximate surface area is 132 Å². The van der Waals surface area contributed by atoms with Crippen LogP contribution in [-0.4, -0.2) is 29.8 Å². The number of carbonyl (C=O) groups is 2. The summed E-state index contributed by atoms with van der Waals surface area (Å²) in [5.41, 5.74) is 0.984. The average Bonchev–Trinajstić information content (AvgIpc) is 2.46. The van der Waals surface area contributed by atoms with Crippen molar-refractivity contribution in [3.05, 3.63) is 35.9 Å². The first-order valence-electron chi connectivity index (χ1n) is 8.26. The minimum absolute atomic E-state index is 0.102. The van der Waals surface area contributed by atoms with Gasteiger partial charge in [-0.1, -0.05) is 49.6 Å². The molecule has 1 saturated heterocycles. The van der Waals surface area contributed by atoms with Gasteiger partial charge in [-0.05, 0) is 18.4 Å². The maximum absolute atomic E-state index is 12.6. The number of nitrogens with zero attached hydrogens (tertiary/aromatic N) is 1. The minimum atomic E-state index is -0.239. The molecule has 1 atom stereocenters. The number of amides is 2. The Hall–Kier alpha value is -1.84. The highest BCUT2D eigenvalue weighted by atomic mass is 16.2. The van der Waals surface area contributed by atoms with Crippen LogP contribution in [0.15, 0.2) is 30.3 Å². The van der Waals surface area contributed by atoms with Gasteiger partial charge in [-0.2, -0.15) is 0 Å². The van der Waals surface area contributed by atoms with E-state index in [-0.39, 0.29) is 17.9 Å². The topological polar surface area (TPSA) is 49.4 Å². The predicted octanol–water partition coefficient (Wildman–Crippen LogP) is 3.05. The Morgan fingerprint density at radius 2 is 1.64 bits per heavy atom. The van der Waals surface area contributed by atoms with Crippen molar-refractivity contribution in [2.45, 2.75) is 51.5 Å². The van der Waals surface area contributed by atoms with Crippen molar-refractivity contribution in [3.8, 4) is 0 Å². The third-order valence-corrected chi connectivity index (χ3v) is 4.17. The van der Waals surface area contributed by atoms with E-state index in [0.29, 0.717) is 6.42 Å². The fourth-order valence-electron chi connectivity index (χ4n) is 2.98. The lowest BCUT2D eigenvalue weighted by atomic mass is 10.0. The van der Waals surface area contributed by atoms with Gasteiger partial charge in [0, 0.05) is 20.0 Å². The van der Waals surface area contributed by atoms with Crippen molar-refractivity contribution in [2.75, 3.05) is 13.1 Å². The van der Waals surface area contributed by atoms with Gasteiger partial charge in [0.1, 0.15) is 0 Å². The molecule has 0 bridgehead atoms. The molecule has 1 fully saturated rings. The molecule has 22 heavy (non-hydrogen) atoms. The monoisotopic (exact) mass is 302 g/mol. The number of likely N-dealkylation sites (tertiary alicyclic amines) is 1. The number of benzene rings is 1. The fraction of sp³-hybridized carbons (Fsp3) is 0.556. The average molecular weight is 302 g/mol. The molecule has 1 aromatic carbocycles. The second-order valence-electron chi connectivity index (χ2n) is 6.02. The number of hydrogen-bond acceptors (Lipinski definition) is 2. The first-order valence-corrected chi connectivity index (χ1v) is 8.26. The van der Waals surface area contributed by atoms with Crippen molar-refractivity contribution in [1.29, 1.82) is 0 Å². The standard InChI is InChI=1S/C18H26N2O2/c1-15(21)19-17(16-10-6-5-7-11-16)14-18(22)20-12-8-3-2-4-9-13-20/h5-7,10-11,17H,2-4,8-9,12-14H2,1H3,(H,19,21)/t17-/m1/s1. The zero-order valence-corrected chi connectivity index (χ0v) is 13.4. The predicted molar refractivity (Wildman–Crippen MR) is 87.3 cm³/mol. The molecule has 0 radical (unpaired) electrons. The molecule has 0 aliphatic carbocycles. The van der Waals surface area contributed by atoms with E-state index in [1.807, 2.05) is 35.2 Å². The van der Waals surface area contributed by atoms with E-state index in [9.17, 15) is 9.59 Å². The number of rotatable bonds is 4. The molecule has 2 amide bonds. The maximum atomic E-state index is 12.6. The number of carbonyl (C=O) groups excluding carboxylic acids is 2. The van der Waals surface area contributed by atoms with Gasteiger partial charge in [-0.25, -0.2) is 0 Å². The van der Waals surface area contributed by atoms with Crippen molar-refractivity contribution in [1.82, 2.24) is 10.2 Å². The Kier molecular flexibility index (Phi) is 6.44. The maximum Gasteiger partial charge on any atom is 0.224 e. The van der Waals surface area contributed by atoms with E-state index in [1.165, 1.54) is 26.2 Å². The number of nitrogens with one attached hydrogen (secondary N) is 1. The van der Waals surface area contributed by atoms with Crippen LogP contribution in [0.4, 0.5) is 0 Å². The fourth-order valence-corrected chi connectivity index (χ4v) is 2.98. The van der Waals surface area contributed by atoms with E-state index in [0.717, 1.165) is 31.5 Å². The molecule has 1 aliphatic heterocycles. The van der Waals surface area contributed by atoms with Gasteiger partial charge >= 0.3 is 0 Å². The first kappa shape index (κ1) is 16.5. The van der Waals surface area contributed by atoms with Crippen LogP contribution in [0.1, 0.15) is 57.1 Å². The summed E-state index contributed by atoms with van der Waals surface area (Å²) >= 11 is 0. The molecule has 4 nitrogen and oxygen atoms in total. The quantitative estimate of drug-likeness (QED) is 0.929. The highest BCUT2D eigenvalue weighted by Crippen LogP contribution is 2.19. The lowest BCUT2D eigenvalue weighted by Gasteiger charge is -2.27. The highest BCUT2D eigenvalue weighted by Gasteiger charge is 2.21. The van der Waals surface area contributed by atoms with Gasteiger partial charge in [0.05, 0.1) is 12.5 Å². The van der Waals surface area contributed by atoms with Crippen LogP contribution in [0.2, 0.25) is 0 Å². The Morgan fingerprint density at radius 3 is 2.23 bits per heavy atom. The highest BCUT2D eigenvalue weighted by molar-refractivity contribution is 5.79. The van der Waals surface area contributed by atoms with Crippen molar-refractivity contribution in [3.63, 3.8) is 0 Å². The lowest BCUT2D eigenvalue weighted by Crippen LogP contribution is -2.37. The summed E-state index contributed by atoms with van der Waals surface area (Å²) in [5.74, 6) is 0.0406. The Morgan fingerprint density at radius 1 is 1.05 bits per heavy atom. The summed E-state index contributed by atoms with van der Waals surface area (Å²) in [6.45, 7) is 3.19. The molecule has 1 N–H and O–H groups in total. The van der Waals surface area contributed by atoms with Crippen LogP contribution in [0.5, 0.6) is 0 Å². The van der Waals surface area contributed by atoms with Crippen LogP contribution in [0.25, 0.3) is 0 Å². The Balaban J connectivity index is 2.02. The van der Waals surface area contributed by atoms with Crippen molar-refractivity contribution >= 4 is 11.8 Å². The lowest BCUT2D eigenvalue weighted by molar-refractivity contribution is -0.132. The molecule has 0 aromatic heterocycles. The second-order valence-corrected chi connectivity index (χ2v) is 6.02. The van der Waals surface area contributed by atoms with E-state index in [1.54, 1.807) is 0 Å². The van der Waals surface area contributed by atoms with Crippen LogP contribution in [-0.2, 0) is 9.59 Å². The molecule has 0 unspecified atom stereocenters. The summed E-state index contributed by atoms with van der Waals surface area (Å²) in [6.07, 6.45) is 6.20. The van der Waals surface area contributed by atoms with Gasteiger partial charge < -0.3 is 10.2 Å². The molecule has 120 valence electrons. The van der Waals surface area contributed by atoms with Crippen LogP contribution in [0, 0.1) is 0 Å². The van der Waals surface area contributed by atoms with Crippen LogP contribution < -0.4 is 5.32 Å². The first-order chi connectivity index (χ1) is 10.7. The van der Waals surface area contributed by atoms with Gasteiger partial charge in [0.2, 0.25) is 11.8 Å². The third-order valence-electron chi connectivity index (χ3n) is 4.17. The van der Waals surface area contributed by atoms with E-state index < -0.39 is 0 Å². The van der Waals surface area contributed by atoms with Crippen LogP contribution in [0.3, 0.4) is 0 Å². The zero-order chi connectivity index (χ0) is 15.8. The molecule has 4 heteroatoms. The molecule has 2 rings (SSSR count). The largest absolute Gasteiger partial charge is 0.349 e. The van der Waals surface area contributed by atoms with Gasteiger partial charge in [0.15, 0.2) is 0 Å².